The molecule has 0 radical (unpaired) electrons. The minimum absolute atomic E-state index is 0.130. The molecule has 1 aromatic rings. The molecule has 0 bridgehead atoms. The molecule has 0 atom stereocenters. The Morgan fingerprint density at radius 3 is 2.43 bits per heavy atom. The molecule has 0 spiro atoms. The summed E-state index contributed by atoms with van der Waals surface area (Å²) in [5.41, 5.74) is 0.243. The zero-order valence-electron chi connectivity index (χ0n) is 13.6. The molecule has 0 fully saturated rings. The molecule has 0 unspecified atom stereocenters. The van der Waals surface area contributed by atoms with Crippen LogP contribution in [0.1, 0.15) is 20.3 Å². The third-order valence-electron chi connectivity index (χ3n) is 2.90. The van der Waals surface area contributed by atoms with Gasteiger partial charge >= 0.3 is 0 Å². The summed E-state index contributed by atoms with van der Waals surface area (Å²) in [7, 11) is -3.65. The monoisotopic (exact) mass is 346 g/mol. The van der Waals surface area contributed by atoms with E-state index in [0.29, 0.717) is 19.6 Å². The molecule has 1 rings (SSSR count). The van der Waals surface area contributed by atoms with Crippen molar-refractivity contribution in [2.75, 3.05) is 30.3 Å². The summed E-state index contributed by atoms with van der Waals surface area (Å²) in [4.78, 5) is 11.9. The van der Waals surface area contributed by atoms with E-state index in [2.05, 4.69) is 5.32 Å². The van der Waals surface area contributed by atoms with Crippen molar-refractivity contribution in [2.24, 2.45) is 0 Å². The number of ether oxygens (including phenoxy) is 1. The number of benzene rings is 1. The number of halogens is 1. The van der Waals surface area contributed by atoms with E-state index in [4.69, 9.17) is 4.74 Å². The van der Waals surface area contributed by atoms with Crippen molar-refractivity contribution in [1.82, 2.24) is 5.32 Å². The number of amides is 1. The van der Waals surface area contributed by atoms with Crippen LogP contribution in [0.2, 0.25) is 0 Å². The second-order valence-corrected chi connectivity index (χ2v) is 7.28. The highest BCUT2D eigenvalue weighted by molar-refractivity contribution is 7.92. The van der Waals surface area contributed by atoms with E-state index >= 15 is 0 Å². The fraction of sp³-hybridized carbons (Fsp3) is 0.533. The minimum atomic E-state index is -3.65. The Hall–Kier alpha value is -1.67. The Bertz CT molecular complexity index is 602. The molecule has 0 saturated carbocycles. The first-order valence-corrected chi connectivity index (χ1v) is 9.16. The van der Waals surface area contributed by atoms with Crippen molar-refractivity contribution >= 4 is 21.6 Å². The average Bonchev–Trinajstić information content (AvgIpc) is 2.44. The smallest absolute Gasteiger partial charge is 0.240 e. The highest BCUT2D eigenvalue weighted by Gasteiger charge is 2.20. The Morgan fingerprint density at radius 2 is 1.91 bits per heavy atom. The van der Waals surface area contributed by atoms with Crippen molar-refractivity contribution in [3.05, 3.63) is 30.1 Å². The van der Waals surface area contributed by atoms with Gasteiger partial charge in [0.15, 0.2) is 0 Å². The van der Waals surface area contributed by atoms with Gasteiger partial charge in [-0.2, -0.15) is 0 Å². The highest BCUT2D eigenvalue weighted by Crippen LogP contribution is 2.17. The van der Waals surface area contributed by atoms with Crippen LogP contribution in [-0.4, -0.2) is 46.4 Å². The SMILES string of the molecule is CC(C)OCCCNC(=O)CN(c1ccc(F)cc1)S(C)(=O)=O. The van der Waals surface area contributed by atoms with Crippen LogP contribution in [0, 0.1) is 5.82 Å². The summed E-state index contributed by atoms with van der Waals surface area (Å²) >= 11 is 0. The number of nitrogens with zero attached hydrogens (tertiary/aromatic N) is 1. The number of carbonyl (C=O) groups excluding carboxylic acids is 1. The molecular weight excluding hydrogens is 323 g/mol. The molecule has 0 aliphatic heterocycles. The van der Waals surface area contributed by atoms with Crippen LogP contribution in [0.3, 0.4) is 0 Å². The molecule has 23 heavy (non-hydrogen) atoms. The first-order valence-electron chi connectivity index (χ1n) is 7.31. The summed E-state index contributed by atoms with van der Waals surface area (Å²) in [5.74, 6) is -0.902. The standard InChI is InChI=1S/C15H23FN2O4S/c1-12(2)22-10-4-9-17-15(19)11-18(23(3,20)21)14-7-5-13(16)6-8-14/h5-8,12H,4,9-11H2,1-3H3,(H,17,19). The Labute approximate surface area is 136 Å². The van der Waals surface area contributed by atoms with Crippen LogP contribution in [0.5, 0.6) is 0 Å². The van der Waals surface area contributed by atoms with Crippen LogP contribution in [0.4, 0.5) is 10.1 Å². The quantitative estimate of drug-likeness (QED) is 0.688. The van der Waals surface area contributed by atoms with Gasteiger partial charge < -0.3 is 10.1 Å². The van der Waals surface area contributed by atoms with E-state index in [0.717, 1.165) is 22.7 Å². The number of carbonyl (C=O) groups is 1. The lowest BCUT2D eigenvalue weighted by Crippen LogP contribution is -2.40. The third kappa shape index (κ3) is 7.43. The van der Waals surface area contributed by atoms with Gasteiger partial charge in [0.1, 0.15) is 12.4 Å². The number of hydrogen-bond donors (Lipinski definition) is 1. The largest absolute Gasteiger partial charge is 0.379 e. The lowest BCUT2D eigenvalue weighted by atomic mass is 10.3. The first-order chi connectivity index (χ1) is 10.7. The van der Waals surface area contributed by atoms with Gasteiger partial charge in [-0.05, 0) is 44.5 Å². The molecule has 1 amide bonds. The van der Waals surface area contributed by atoms with Gasteiger partial charge in [-0.15, -0.1) is 0 Å². The van der Waals surface area contributed by atoms with Crippen LogP contribution in [0.25, 0.3) is 0 Å². The second-order valence-electron chi connectivity index (χ2n) is 5.37. The topological polar surface area (TPSA) is 75.7 Å². The summed E-state index contributed by atoms with van der Waals surface area (Å²) in [5, 5.41) is 2.64. The molecule has 0 aromatic heterocycles. The zero-order chi connectivity index (χ0) is 17.5. The van der Waals surface area contributed by atoms with E-state index in [1.54, 1.807) is 0 Å². The lowest BCUT2D eigenvalue weighted by Gasteiger charge is -2.21. The maximum atomic E-state index is 12.9. The van der Waals surface area contributed by atoms with Crippen molar-refractivity contribution < 1.29 is 22.3 Å². The highest BCUT2D eigenvalue weighted by atomic mass is 32.2. The van der Waals surface area contributed by atoms with Crippen LogP contribution < -0.4 is 9.62 Å². The molecule has 6 nitrogen and oxygen atoms in total. The molecule has 8 heteroatoms. The lowest BCUT2D eigenvalue weighted by molar-refractivity contribution is -0.119. The maximum Gasteiger partial charge on any atom is 0.240 e. The van der Waals surface area contributed by atoms with Crippen molar-refractivity contribution in [3.63, 3.8) is 0 Å². The van der Waals surface area contributed by atoms with E-state index < -0.39 is 21.7 Å². The molecule has 0 aliphatic rings. The van der Waals surface area contributed by atoms with Gasteiger partial charge in [0.05, 0.1) is 18.0 Å². The van der Waals surface area contributed by atoms with E-state index in [1.165, 1.54) is 12.1 Å². The van der Waals surface area contributed by atoms with Crippen molar-refractivity contribution in [3.8, 4) is 0 Å². The molecular formula is C15H23FN2O4S. The van der Waals surface area contributed by atoms with Gasteiger partial charge in [0, 0.05) is 13.2 Å². The number of hydrogen-bond acceptors (Lipinski definition) is 4. The second kappa shape index (κ2) is 8.83. The molecule has 1 N–H and O–H groups in total. The van der Waals surface area contributed by atoms with Crippen LogP contribution in [-0.2, 0) is 19.6 Å². The van der Waals surface area contributed by atoms with E-state index in [9.17, 15) is 17.6 Å². The van der Waals surface area contributed by atoms with Gasteiger partial charge in [-0.3, -0.25) is 9.10 Å². The molecule has 130 valence electrons. The zero-order valence-corrected chi connectivity index (χ0v) is 14.4. The fourth-order valence-corrected chi connectivity index (χ4v) is 2.67. The van der Waals surface area contributed by atoms with Gasteiger partial charge in [0.2, 0.25) is 15.9 Å². The summed E-state index contributed by atoms with van der Waals surface area (Å²) < 4.78 is 42.9. The van der Waals surface area contributed by atoms with Gasteiger partial charge in [-0.1, -0.05) is 0 Å². The predicted octanol–water partition coefficient (Wildman–Crippen LogP) is 1.52. The number of anilines is 1. The van der Waals surface area contributed by atoms with E-state index in [-0.39, 0.29) is 18.3 Å². The van der Waals surface area contributed by atoms with Crippen LogP contribution >= 0.6 is 0 Å². The number of rotatable bonds is 9. The Balaban J connectivity index is 2.58. The number of nitrogens with one attached hydrogen (secondary N) is 1. The minimum Gasteiger partial charge on any atom is -0.379 e. The Morgan fingerprint density at radius 1 is 1.30 bits per heavy atom. The summed E-state index contributed by atoms with van der Waals surface area (Å²) in [6.07, 6.45) is 1.77. The molecule has 1 aromatic carbocycles. The normalized spacial score (nSPS) is 11.5. The Kier molecular flexibility index (Phi) is 7.44. The summed E-state index contributed by atoms with van der Waals surface area (Å²) in [6, 6.07) is 4.93. The predicted molar refractivity (Wildman–Crippen MR) is 87.3 cm³/mol. The van der Waals surface area contributed by atoms with Crippen LogP contribution in [0.15, 0.2) is 24.3 Å². The van der Waals surface area contributed by atoms with Crippen molar-refractivity contribution in [2.45, 2.75) is 26.4 Å². The van der Waals surface area contributed by atoms with Gasteiger partial charge in [-0.25, -0.2) is 12.8 Å². The summed E-state index contributed by atoms with van der Waals surface area (Å²) in [6.45, 7) is 4.41. The molecule has 0 aliphatic carbocycles. The van der Waals surface area contributed by atoms with E-state index in [1.807, 2.05) is 13.8 Å². The molecule has 0 saturated heterocycles. The first kappa shape index (κ1) is 19.4. The number of sulfonamides is 1. The molecule has 0 heterocycles. The van der Waals surface area contributed by atoms with Gasteiger partial charge in [0.25, 0.3) is 0 Å². The average molecular weight is 346 g/mol. The fourth-order valence-electron chi connectivity index (χ4n) is 1.81. The maximum absolute atomic E-state index is 12.9. The van der Waals surface area contributed by atoms with Crippen molar-refractivity contribution in [1.29, 1.82) is 0 Å². The third-order valence-corrected chi connectivity index (χ3v) is 4.04.